The molecule has 0 aromatic heterocycles. The Morgan fingerprint density at radius 1 is 1.19 bits per heavy atom. The zero-order valence-electron chi connectivity index (χ0n) is 17.8. The van der Waals surface area contributed by atoms with Gasteiger partial charge < -0.3 is 19.8 Å². The number of ketones is 1. The highest BCUT2D eigenvalue weighted by atomic mass is 79.9. The van der Waals surface area contributed by atoms with Gasteiger partial charge in [0.1, 0.15) is 11.5 Å². The molecule has 0 bridgehead atoms. The molecule has 0 radical (unpaired) electrons. The first-order valence-electron chi connectivity index (χ1n) is 10.2. The van der Waals surface area contributed by atoms with E-state index in [4.69, 9.17) is 4.74 Å². The third-order valence-electron chi connectivity index (χ3n) is 5.15. The largest absolute Gasteiger partial charge is 0.508 e. The molecule has 1 amide bonds. The maximum absolute atomic E-state index is 13.0. The summed E-state index contributed by atoms with van der Waals surface area (Å²) in [6, 6.07) is 10.8. The lowest BCUT2D eigenvalue weighted by atomic mass is 9.94. The normalized spacial score (nSPS) is 18.2. The Balaban J connectivity index is 2.06. The molecule has 3 rings (SSSR count). The van der Waals surface area contributed by atoms with Crippen molar-refractivity contribution in [1.29, 1.82) is 0 Å². The third kappa shape index (κ3) is 4.99. The van der Waals surface area contributed by atoms with Crippen molar-refractivity contribution in [2.45, 2.75) is 39.3 Å². The molecule has 2 aromatic rings. The number of aliphatic hydroxyl groups excluding tert-OH is 1. The number of carbonyl (C=O) groups excluding carboxylic acids is 2. The Hall–Kier alpha value is -2.64. The van der Waals surface area contributed by atoms with Crippen LogP contribution in [0.25, 0.3) is 5.76 Å². The Morgan fingerprint density at radius 3 is 2.58 bits per heavy atom. The minimum Gasteiger partial charge on any atom is -0.508 e. The molecule has 1 fully saturated rings. The maximum atomic E-state index is 13.0. The number of likely N-dealkylation sites (tertiary alicyclic amines) is 1. The number of Topliss-reactive ketones (excluding diaryl/α,β-unsaturated/α-hetero) is 1. The monoisotopic (exact) mass is 487 g/mol. The highest BCUT2D eigenvalue weighted by Crippen LogP contribution is 2.40. The summed E-state index contributed by atoms with van der Waals surface area (Å²) in [5, 5.41) is 21.0. The van der Waals surface area contributed by atoms with Crippen LogP contribution in [0, 0.1) is 6.92 Å². The first kappa shape index (κ1) is 23.0. The molecule has 2 aromatic carbocycles. The molecule has 164 valence electrons. The second-order valence-electron chi connectivity index (χ2n) is 7.82. The summed E-state index contributed by atoms with van der Waals surface area (Å²) in [4.78, 5) is 27.3. The lowest BCUT2D eigenvalue weighted by Gasteiger charge is -2.25. The Morgan fingerprint density at radius 2 is 1.94 bits per heavy atom. The van der Waals surface area contributed by atoms with Crippen molar-refractivity contribution in [3.63, 3.8) is 0 Å². The van der Waals surface area contributed by atoms with Crippen molar-refractivity contribution in [2.24, 2.45) is 0 Å². The van der Waals surface area contributed by atoms with Crippen molar-refractivity contribution >= 4 is 33.4 Å². The number of aliphatic hydroxyl groups is 1. The van der Waals surface area contributed by atoms with Crippen LogP contribution in [-0.2, 0) is 14.3 Å². The Labute approximate surface area is 190 Å². The van der Waals surface area contributed by atoms with Crippen LogP contribution in [0.15, 0.2) is 52.5 Å². The number of halogens is 1. The molecule has 1 heterocycles. The zero-order valence-corrected chi connectivity index (χ0v) is 19.3. The summed E-state index contributed by atoms with van der Waals surface area (Å²) >= 11 is 3.43. The van der Waals surface area contributed by atoms with Gasteiger partial charge in [-0.05, 0) is 62.6 Å². The smallest absolute Gasteiger partial charge is 0.295 e. The fourth-order valence-electron chi connectivity index (χ4n) is 3.65. The number of phenolic OH excluding ortho intramolecular Hbond substituents is 1. The van der Waals surface area contributed by atoms with Gasteiger partial charge in [-0.2, -0.15) is 0 Å². The van der Waals surface area contributed by atoms with Gasteiger partial charge in [0, 0.05) is 23.2 Å². The first-order chi connectivity index (χ1) is 14.7. The molecule has 2 N–H and O–H groups in total. The van der Waals surface area contributed by atoms with E-state index >= 15 is 0 Å². The number of phenols is 1. The molecular formula is C24H26BrNO5. The van der Waals surface area contributed by atoms with Crippen LogP contribution in [0.3, 0.4) is 0 Å². The van der Waals surface area contributed by atoms with E-state index in [1.807, 2.05) is 20.8 Å². The lowest BCUT2D eigenvalue weighted by molar-refractivity contribution is -0.140. The fraction of sp³-hybridized carbons (Fsp3) is 0.333. The Kier molecular flexibility index (Phi) is 7.18. The maximum Gasteiger partial charge on any atom is 0.295 e. The second kappa shape index (κ2) is 9.66. The molecule has 1 unspecified atom stereocenters. The molecule has 1 atom stereocenters. The van der Waals surface area contributed by atoms with Crippen LogP contribution in [0.4, 0.5) is 0 Å². The van der Waals surface area contributed by atoms with E-state index in [0.717, 1.165) is 10.0 Å². The van der Waals surface area contributed by atoms with Gasteiger partial charge >= 0.3 is 0 Å². The van der Waals surface area contributed by atoms with E-state index in [1.54, 1.807) is 30.3 Å². The topological polar surface area (TPSA) is 87.1 Å². The zero-order chi connectivity index (χ0) is 22.7. The summed E-state index contributed by atoms with van der Waals surface area (Å²) in [6.45, 7) is 6.46. The number of benzene rings is 2. The number of nitrogens with zero attached hydrogens (tertiary/aromatic N) is 1. The number of rotatable bonds is 7. The number of hydrogen-bond donors (Lipinski definition) is 2. The van der Waals surface area contributed by atoms with Crippen molar-refractivity contribution < 1.29 is 24.5 Å². The van der Waals surface area contributed by atoms with Gasteiger partial charge in [0.25, 0.3) is 11.7 Å². The number of aromatic hydroxyl groups is 1. The lowest BCUT2D eigenvalue weighted by Crippen LogP contribution is -2.31. The summed E-state index contributed by atoms with van der Waals surface area (Å²) < 4.78 is 6.44. The van der Waals surface area contributed by atoms with Gasteiger partial charge in [-0.3, -0.25) is 9.59 Å². The van der Waals surface area contributed by atoms with Crippen molar-refractivity contribution in [2.75, 3.05) is 13.2 Å². The predicted octanol–water partition coefficient (Wildman–Crippen LogP) is 4.70. The SMILES string of the molecule is Cc1cc(/C(O)=C2/C(=O)C(=O)N(CCCOC(C)C)C2c2cccc(O)c2)ccc1Br. The standard InChI is InChI=1S/C24H26BrNO5/c1-14(2)31-11-5-10-26-21(16-6-4-7-18(27)13-16)20(23(29)24(26)30)22(28)17-8-9-19(25)15(3)12-17/h4,6-9,12-14,21,27-28H,5,10-11H2,1-3H3/b22-20-. The summed E-state index contributed by atoms with van der Waals surface area (Å²) in [5.74, 6) is -1.63. The molecule has 1 aliphatic heterocycles. The van der Waals surface area contributed by atoms with E-state index in [1.165, 1.54) is 17.0 Å². The van der Waals surface area contributed by atoms with Gasteiger partial charge in [0.05, 0.1) is 17.7 Å². The average Bonchev–Trinajstić information content (AvgIpc) is 2.97. The van der Waals surface area contributed by atoms with Gasteiger partial charge in [0.2, 0.25) is 0 Å². The van der Waals surface area contributed by atoms with Crippen LogP contribution in [-0.4, -0.2) is 46.1 Å². The predicted molar refractivity (Wildman–Crippen MR) is 122 cm³/mol. The quantitative estimate of drug-likeness (QED) is 0.255. The van der Waals surface area contributed by atoms with E-state index in [2.05, 4.69) is 15.9 Å². The van der Waals surface area contributed by atoms with Crippen LogP contribution >= 0.6 is 15.9 Å². The second-order valence-corrected chi connectivity index (χ2v) is 8.68. The highest BCUT2D eigenvalue weighted by molar-refractivity contribution is 9.10. The van der Waals surface area contributed by atoms with Crippen LogP contribution in [0.2, 0.25) is 0 Å². The summed E-state index contributed by atoms with van der Waals surface area (Å²) in [7, 11) is 0. The highest BCUT2D eigenvalue weighted by Gasteiger charge is 2.45. The average molecular weight is 488 g/mol. The Bertz CT molecular complexity index is 1030. The third-order valence-corrected chi connectivity index (χ3v) is 6.04. The number of amides is 1. The van der Waals surface area contributed by atoms with E-state index in [9.17, 15) is 19.8 Å². The molecule has 1 aliphatic rings. The van der Waals surface area contributed by atoms with E-state index in [0.29, 0.717) is 24.2 Å². The van der Waals surface area contributed by atoms with Crippen molar-refractivity contribution in [3.8, 4) is 5.75 Å². The van der Waals surface area contributed by atoms with Crippen LogP contribution < -0.4 is 0 Å². The molecule has 0 spiro atoms. The van der Waals surface area contributed by atoms with E-state index in [-0.39, 0.29) is 29.7 Å². The molecule has 7 heteroatoms. The van der Waals surface area contributed by atoms with Crippen LogP contribution in [0.5, 0.6) is 5.75 Å². The van der Waals surface area contributed by atoms with Gasteiger partial charge in [0.15, 0.2) is 0 Å². The first-order valence-corrected chi connectivity index (χ1v) is 11.0. The minimum absolute atomic E-state index is 0.0158. The molecule has 1 saturated heterocycles. The number of hydrogen-bond acceptors (Lipinski definition) is 5. The van der Waals surface area contributed by atoms with Gasteiger partial charge in [-0.15, -0.1) is 0 Å². The van der Waals surface area contributed by atoms with E-state index < -0.39 is 17.7 Å². The molecule has 31 heavy (non-hydrogen) atoms. The van der Waals surface area contributed by atoms with Crippen molar-refractivity contribution in [1.82, 2.24) is 4.90 Å². The summed E-state index contributed by atoms with van der Waals surface area (Å²) in [6.07, 6.45) is 0.607. The molecule has 0 saturated carbocycles. The fourth-order valence-corrected chi connectivity index (χ4v) is 3.90. The van der Waals surface area contributed by atoms with Gasteiger partial charge in [-0.1, -0.05) is 34.1 Å². The van der Waals surface area contributed by atoms with Crippen LogP contribution in [0.1, 0.15) is 43.0 Å². The molecule has 0 aliphatic carbocycles. The number of carbonyl (C=O) groups is 2. The number of ether oxygens (including phenoxy) is 1. The molecular weight excluding hydrogens is 462 g/mol. The molecule has 6 nitrogen and oxygen atoms in total. The number of aryl methyl sites for hydroxylation is 1. The van der Waals surface area contributed by atoms with Gasteiger partial charge in [-0.25, -0.2) is 0 Å². The minimum atomic E-state index is -0.796. The summed E-state index contributed by atoms with van der Waals surface area (Å²) in [5.41, 5.74) is 1.91. The van der Waals surface area contributed by atoms with Crippen molar-refractivity contribution in [3.05, 3.63) is 69.2 Å².